The van der Waals surface area contributed by atoms with Gasteiger partial charge in [-0.2, -0.15) is 5.10 Å². The van der Waals surface area contributed by atoms with E-state index in [9.17, 15) is 19.7 Å². The molecule has 3 aromatic carbocycles. The molecular formula is C24H19N3O6. The molecule has 0 aliphatic heterocycles. The van der Waals surface area contributed by atoms with Crippen LogP contribution in [-0.2, 0) is 9.59 Å². The van der Waals surface area contributed by atoms with Crippen LogP contribution in [0.1, 0.15) is 11.1 Å². The number of rotatable bonds is 9. The molecule has 0 saturated heterocycles. The third-order valence-electron chi connectivity index (χ3n) is 4.13. The van der Waals surface area contributed by atoms with Crippen LogP contribution in [0.3, 0.4) is 0 Å². The van der Waals surface area contributed by atoms with Gasteiger partial charge in [-0.15, -0.1) is 0 Å². The lowest BCUT2D eigenvalue weighted by atomic mass is 10.2. The smallest absolute Gasteiger partial charge is 0.336 e. The summed E-state index contributed by atoms with van der Waals surface area (Å²) < 4.78 is 10.5. The van der Waals surface area contributed by atoms with E-state index in [1.807, 2.05) is 30.3 Å². The molecule has 0 bridgehead atoms. The fourth-order valence-electron chi connectivity index (χ4n) is 2.52. The highest BCUT2D eigenvalue weighted by molar-refractivity contribution is 5.89. The number of hydrogen-bond acceptors (Lipinski definition) is 7. The van der Waals surface area contributed by atoms with Crippen LogP contribution in [0.5, 0.6) is 11.5 Å². The highest BCUT2D eigenvalue weighted by Crippen LogP contribution is 2.17. The number of nitro groups is 1. The molecule has 9 heteroatoms. The second-order valence-electron chi connectivity index (χ2n) is 6.57. The molecule has 0 heterocycles. The fourth-order valence-corrected chi connectivity index (χ4v) is 2.52. The zero-order valence-corrected chi connectivity index (χ0v) is 17.3. The van der Waals surface area contributed by atoms with Gasteiger partial charge in [0.2, 0.25) is 0 Å². The molecule has 3 aromatic rings. The van der Waals surface area contributed by atoms with Gasteiger partial charge in [-0.1, -0.05) is 30.3 Å². The van der Waals surface area contributed by atoms with E-state index in [1.165, 1.54) is 36.6 Å². The normalized spacial score (nSPS) is 10.8. The predicted octanol–water partition coefficient (Wildman–Crippen LogP) is 3.74. The van der Waals surface area contributed by atoms with Crippen molar-refractivity contribution in [2.75, 3.05) is 6.61 Å². The maximum atomic E-state index is 11.9. The standard InChI is InChI=1S/C24H19N3O6/c28-23(17-32-21-13-9-20(10-14-21)27(30)31)26-25-16-19-6-11-22(12-7-19)33-24(29)15-8-18-4-2-1-3-5-18/h1-16H,17H2,(H,26,28)/b15-8+,25-16+. The van der Waals surface area contributed by atoms with Gasteiger partial charge in [-0.05, 0) is 53.6 Å². The van der Waals surface area contributed by atoms with Crippen molar-refractivity contribution in [1.29, 1.82) is 0 Å². The van der Waals surface area contributed by atoms with Crippen LogP contribution < -0.4 is 14.9 Å². The van der Waals surface area contributed by atoms with Gasteiger partial charge in [0.15, 0.2) is 6.61 Å². The molecule has 3 rings (SSSR count). The van der Waals surface area contributed by atoms with Crippen LogP contribution in [0, 0.1) is 10.1 Å². The van der Waals surface area contributed by atoms with E-state index in [1.54, 1.807) is 30.3 Å². The Morgan fingerprint density at radius 3 is 2.24 bits per heavy atom. The van der Waals surface area contributed by atoms with Crippen molar-refractivity contribution in [2.24, 2.45) is 5.10 Å². The zero-order valence-electron chi connectivity index (χ0n) is 17.3. The number of nitrogens with one attached hydrogen (secondary N) is 1. The average molecular weight is 445 g/mol. The number of hydrazone groups is 1. The molecule has 0 saturated carbocycles. The Bertz CT molecular complexity index is 1160. The Morgan fingerprint density at radius 1 is 0.909 bits per heavy atom. The quantitative estimate of drug-likeness (QED) is 0.134. The number of ether oxygens (including phenoxy) is 2. The lowest BCUT2D eigenvalue weighted by Crippen LogP contribution is -2.24. The van der Waals surface area contributed by atoms with Crippen LogP contribution in [0.15, 0.2) is 90.0 Å². The minimum absolute atomic E-state index is 0.0687. The van der Waals surface area contributed by atoms with Gasteiger partial charge in [0.05, 0.1) is 11.1 Å². The maximum absolute atomic E-state index is 11.9. The Balaban J connectivity index is 1.42. The summed E-state index contributed by atoms with van der Waals surface area (Å²) in [5, 5.41) is 14.4. The Kier molecular flexibility index (Phi) is 8.02. The molecule has 0 aliphatic carbocycles. The number of benzene rings is 3. The minimum atomic E-state index is -0.523. The molecule has 166 valence electrons. The van der Waals surface area contributed by atoms with Gasteiger partial charge in [-0.25, -0.2) is 10.2 Å². The topological polar surface area (TPSA) is 120 Å². The van der Waals surface area contributed by atoms with Crippen molar-refractivity contribution in [2.45, 2.75) is 0 Å². The van der Waals surface area contributed by atoms with Crippen molar-refractivity contribution < 1.29 is 24.0 Å². The minimum Gasteiger partial charge on any atom is -0.484 e. The van der Waals surface area contributed by atoms with Crippen molar-refractivity contribution in [3.63, 3.8) is 0 Å². The van der Waals surface area contributed by atoms with Crippen molar-refractivity contribution in [1.82, 2.24) is 5.43 Å². The first-order chi connectivity index (χ1) is 16.0. The summed E-state index contributed by atoms with van der Waals surface area (Å²) in [6.07, 6.45) is 4.43. The molecule has 0 aliphatic rings. The van der Waals surface area contributed by atoms with Crippen LogP contribution in [-0.4, -0.2) is 29.6 Å². The molecule has 0 radical (unpaired) electrons. The number of nitro benzene ring substituents is 1. The molecular weight excluding hydrogens is 426 g/mol. The maximum Gasteiger partial charge on any atom is 0.336 e. The molecule has 1 N–H and O–H groups in total. The first kappa shape index (κ1) is 22.9. The number of nitrogens with zero attached hydrogens (tertiary/aromatic N) is 2. The first-order valence-electron chi connectivity index (χ1n) is 9.74. The molecule has 0 fully saturated rings. The van der Waals surface area contributed by atoms with E-state index in [2.05, 4.69) is 10.5 Å². The molecule has 9 nitrogen and oxygen atoms in total. The third kappa shape index (κ3) is 7.76. The van der Waals surface area contributed by atoms with Gasteiger partial charge in [0.1, 0.15) is 11.5 Å². The predicted molar refractivity (Wildman–Crippen MR) is 122 cm³/mol. The molecule has 0 aromatic heterocycles. The number of carbonyl (C=O) groups excluding carboxylic acids is 2. The summed E-state index contributed by atoms with van der Waals surface area (Å²) in [6.45, 7) is -0.305. The molecule has 1 amide bonds. The van der Waals surface area contributed by atoms with Crippen LogP contribution in [0.25, 0.3) is 6.08 Å². The monoisotopic (exact) mass is 445 g/mol. The zero-order chi connectivity index (χ0) is 23.5. The second-order valence-corrected chi connectivity index (χ2v) is 6.57. The number of carbonyl (C=O) groups is 2. The Hall–Kier alpha value is -4.79. The number of esters is 1. The van der Waals surface area contributed by atoms with Gasteiger partial charge < -0.3 is 9.47 Å². The summed E-state index contributed by atoms with van der Waals surface area (Å²) in [7, 11) is 0. The number of hydrogen-bond donors (Lipinski definition) is 1. The first-order valence-corrected chi connectivity index (χ1v) is 9.74. The van der Waals surface area contributed by atoms with Gasteiger partial charge in [0, 0.05) is 18.2 Å². The molecule has 0 atom stereocenters. The van der Waals surface area contributed by atoms with Crippen molar-refractivity contribution >= 4 is 29.9 Å². The lowest BCUT2D eigenvalue weighted by Gasteiger charge is -2.04. The fraction of sp³-hybridized carbons (Fsp3) is 0.0417. The van der Waals surface area contributed by atoms with Crippen LogP contribution in [0.4, 0.5) is 5.69 Å². The largest absolute Gasteiger partial charge is 0.484 e. The van der Waals surface area contributed by atoms with E-state index >= 15 is 0 Å². The van der Waals surface area contributed by atoms with E-state index < -0.39 is 16.8 Å². The highest BCUT2D eigenvalue weighted by atomic mass is 16.6. The van der Waals surface area contributed by atoms with Gasteiger partial charge in [0.25, 0.3) is 11.6 Å². The highest BCUT2D eigenvalue weighted by Gasteiger charge is 2.06. The third-order valence-corrected chi connectivity index (χ3v) is 4.13. The SMILES string of the molecule is O=C(COc1ccc([N+](=O)[O-])cc1)N/N=C/c1ccc(OC(=O)/C=C/c2ccccc2)cc1. The molecule has 0 unspecified atom stereocenters. The number of non-ortho nitro benzene ring substituents is 1. The van der Waals surface area contributed by atoms with Crippen molar-refractivity contribution in [3.05, 3.63) is 106 Å². The molecule has 0 spiro atoms. The summed E-state index contributed by atoms with van der Waals surface area (Å²) in [4.78, 5) is 33.8. The Labute approximate surface area is 189 Å². The van der Waals surface area contributed by atoms with E-state index in [0.717, 1.165) is 5.56 Å². The molecule has 33 heavy (non-hydrogen) atoms. The summed E-state index contributed by atoms with van der Waals surface area (Å²) in [5.74, 6) is -0.306. The van der Waals surface area contributed by atoms with Crippen LogP contribution >= 0.6 is 0 Å². The summed E-state index contributed by atoms with van der Waals surface area (Å²) in [5.41, 5.74) is 3.81. The van der Waals surface area contributed by atoms with Crippen LogP contribution in [0.2, 0.25) is 0 Å². The van der Waals surface area contributed by atoms with E-state index in [4.69, 9.17) is 9.47 Å². The lowest BCUT2D eigenvalue weighted by molar-refractivity contribution is -0.384. The second kappa shape index (κ2) is 11.6. The van der Waals surface area contributed by atoms with E-state index in [0.29, 0.717) is 17.1 Å². The summed E-state index contributed by atoms with van der Waals surface area (Å²) >= 11 is 0. The number of amides is 1. The van der Waals surface area contributed by atoms with E-state index in [-0.39, 0.29) is 12.3 Å². The summed E-state index contributed by atoms with van der Waals surface area (Å²) in [6, 6.07) is 21.3. The Morgan fingerprint density at radius 2 is 1.58 bits per heavy atom. The average Bonchev–Trinajstić information content (AvgIpc) is 2.83. The van der Waals surface area contributed by atoms with Crippen molar-refractivity contribution in [3.8, 4) is 11.5 Å². The van der Waals surface area contributed by atoms with Gasteiger partial charge >= 0.3 is 5.97 Å². The van der Waals surface area contributed by atoms with Gasteiger partial charge in [-0.3, -0.25) is 14.9 Å².